The molecule has 3 aromatic carbocycles. The van der Waals surface area contributed by atoms with Crippen LogP contribution in [0.5, 0.6) is 0 Å². The number of anilines is 2. The highest BCUT2D eigenvalue weighted by Gasteiger charge is 2.17. The van der Waals surface area contributed by atoms with E-state index in [1.165, 1.54) is 12.1 Å². The number of nitrogens with one attached hydrogen (secondary N) is 1. The van der Waals surface area contributed by atoms with Gasteiger partial charge in [0, 0.05) is 22.9 Å². The molecule has 5 rings (SSSR count). The summed E-state index contributed by atoms with van der Waals surface area (Å²) in [5.74, 6) is 0.488. The highest BCUT2D eigenvalue weighted by molar-refractivity contribution is 5.83. The van der Waals surface area contributed by atoms with Crippen LogP contribution in [0, 0.1) is 12.7 Å². The van der Waals surface area contributed by atoms with E-state index in [1.807, 2.05) is 66.0 Å². The quantitative estimate of drug-likeness (QED) is 0.391. The second-order valence-corrected chi connectivity index (χ2v) is 7.09. The molecule has 146 valence electrons. The first-order chi connectivity index (χ1) is 14.7. The summed E-state index contributed by atoms with van der Waals surface area (Å²) >= 11 is 0. The standard InChI is InChI=1S/C25H19FN4/c1-17-24(19-10-6-3-7-11-19)25-28-22(18-8-4-2-5-9-18)16-23(30(25)29-17)27-21-14-12-20(26)13-15-21/h2-16,27H,1H3. The molecular weight excluding hydrogens is 375 g/mol. The third-order valence-corrected chi connectivity index (χ3v) is 5.01. The van der Waals surface area contributed by atoms with Crippen LogP contribution in [0.1, 0.15) is 5.69 Å². The van der Waals surface area contributed by atoms with Crippen molar-refractivity contribution < 1.29 is 4.39 Å². The Morgan fingerprint density at radius 3 is 2.10 bits per heavy atom. The maximum absolute atomic E-state index is 13.4. The first kappa shape index (κ1) is 18.1. The van der Waals surface area contributed by atoms with E-state index in [0.29, 0.717) is 0 Å². The number of aromatic nitrogens is 3. The molecule has 1 N–H and O–H groups in total. The van der Waals surface area contributed by atoms with Gasteiger partial charge in [-0.2, -0.15) is 9.61 Å². The molecule has 0 fully saturated rings. The molecule has 0 bridgehead atoms. The largest absolute Gasteiger partial charge is 0.340 e. The number of halogens is 1. The Balaban J connectivity index is 1.74. The number of hydrogen-bond acceptors (Lipinski definition) is 3. The van der Waals surface area contributed by atoms with Crippen molar-refractivity contribution >= 4 is 17.2 Å². The van der Waals surface area contributed by atoms with Crippen LogP contribution in [-0.2, 0) is 0 Å². The van der Waals surface area contributed by atoms with E-state index in [4.69, 9.17) is 10.1 Å². The van der Waals surface area contributed by atoms with Gasteiger partial charge in [-0.25, -0.2) is 9.37 Å². The summed E-state index contributed by atoms with van der Waals surface area (Å²) in [4.78, 5) is 4.96. The van der Waals surface area contributed by atoms with Crippen molar-refractivity contribution in [2.24, 2.45) is 0 Å². The molecular formula is C25H19FN4. The van der Waals surface area contributed by atoms with Crippen LogP contribution in [0.3, 0.4) is 0 Å². The maximum atomic E-state index is 13.4. The Morgan fingerprint density at radius 1 is 0.800 bits per heavy atom. The lowest BCUT2D eigenvalue weighted by molar-refractivity contribution is 0.628. The molecule has 5 aromatic rings. The van der Waals surface area contributed by atoms with Gasteiger partial charge in [0.15, 0.2) is 5.65 Å². The molecule has 2 heterocycles. The highest BCUT2D eigenvalue weighted by Crippen LogP contribution is 2.32. The second kappa shape index (κ2) is 7.44. The summed E-state index contributed by atoms with van der Waals surface area (Å²) < 4.78 is 15.2. The Morgan fingerprint density at radius 2 is 1.43 bits per heavy atom. The van der Waals surface area contributed by atoms with Crippen molar-refractivity contribution in [3.8, 4) is 22.4 Å². The van der Waals surface area contributed by atoms with E-state index in [2.05, 4.69) is 17.4 Å². The van der Waals surface area contributed by atoms with Crippen LogP contribution in [0.25, 0.3) is 28.0 Å². The molecule has 0 saturated carbocycles. The van der Waals surface area contributed by atoms with Gasteiger partial charge in [-0.3, -0.25) is 0 Å². The van der Waals surface area contributed by atoms with Crippen molar-refractivity contribution in [2.45, 2.75) is 6.92 Å². The molecule has 5 heteroatoms. The van der Waals surface area contributed by atoms with Gasteiger partial charge in [0.25, 0.3) is 0 Å². The predicted octanol–water partition coefficient (Wildman–Crippen LogP) is 6.25. The molecule has 0 aliphatic heterocycles. The van der Waals surface area contributed by atoms with Gasteiger partial charge < -0.3 is 5.32 Å². The van der Waals surface area contributed by atoms with Crippen molar-refractivity contribution in [3.05, 3.63) is 103 Å². The van der Waals surface area contributed by atoms with Crippen LogP contribution >= 0.6 is 0 Å². The molecule has 0 aliphatic rings. The zero-order valence-corrected chi connectivity index (χ0v) is 16.4. The number of fused-ring (bicyclic) bond motifs is 1. The average molecular weight is 394 g/mol. The summed E-state index contributed by atoms with van der Waals surface area (Å²) in [6, 6.07) is 28.4. The highest BCUT2D eigenvalue weighted by atomic mass is 19.1. The fourth-order valence-corrected chi connectivity index (χ4v) is 3.59. The Hall–Kier alpha value is -3.99. The minimum absolute atomic E-state index is 0.272. The predicted molar refractivity (Wildman–Crippen MR) is 118 cm³/mol. The summed E-state index contributed by atoms with van der Waals surface area (Å²) in [6.45, 7) is 1.99. The fourth-order valence-electron chi connectivity index (χ4n) is 3.59. The molecule has 0 saturated heterocycles. The van der Waals surface area contributed by atoms with Crippen molar-refractivity contribution in [2.75, 3.05) is 5.32 Å². The van der Waals surface area contributed by atoms with Crippen LogP contribution in [0.4, 0.5) is 15.9 Å². The number of nitrogens with zero attached hydrogens (tertiary/aromatic N) is 3. The summed E-state index contributed by atoms with van der Waals surface area (Å²) in [6.07, 6.45) is 0. The topological polar surface area (TPSA) is 42.2 Å². The second-order valence-electron chi connectivity index (χ2n) is 7.09. The first-order valence-electron chi connectivity index (χ1n) is 9.73. The van der Waals surface area contributed by atoms with Crippen LogP contribution in [0.15, 0.2) is 91.0 Å². The monoisotopic (exact) mass is 394 g/mol. The van der Waals surface area contributed by atoms with Crippen LogP contribution < -0.4 is 5.32 Å². The van der Waals surface area contributed by atoms with Gasteiger partial charge in [-0.15, -0.1) is 0 Å². The van der Waals surface area contributed by atoms with Gasteiger partial charge in [0.2, 0.25) is 0 Å². The Labute approximate surface area is 173 Å². The summed E-state index contributed by atoms with van der Waals surface area (Å²) in [5.41, 5.74) is 6.35. The zero-order chi connectivity index (χ0) is 20.5. The van der Waals surface area contributed by atoms with Crippen LogP contribution in [0.2, 0.25) is 0 Å². The minimum atomic E-state index is -0.272. The van der Waals surface area contributed by atoms with Gasteiger partial charge in [-0.1, -0.05) is 60.7 Å². The average Bonchev–Trinajstić information content (AvgIpc) is 3.12. The first-order valence-corrected chi connectivity index (χ1v) is 9.73. The minimum Gasteiger partial charge on any atom is -0.340 e. The normalized spacial score (nSPS) is 11.0. The van der Waals surface area contributed by atoms with Gasteiger partial charge in [-0.05, 0) is 36.8 Å². The molecule has 30 heavy (non-hydrogen) atoms. The van der Waals surface area contributed by atoms with Crippen molar-refractivity contribution in [3.63, 3.8) is 0 Å². The lowest BCUT2D eigenvalue weighted by Gasteiger charge is -2.11. The molecule has 0 atom stereocenters. The third-order valence-electron chi connectivity index (χ3n) is 5.01. The van der Waals surface area contributed by atoms with E-state index in [9.17, 15) is 4.39 Å². The van der Waals surface area contributed by atoms with E-state index in [1.54, 1.807) is 12.1 Å². The number of aryl methyl sites for hydroxylation is 1. The lowest BCUT2D eigenvalue weighted by Crippen LogP contribution is -2.03. The Kier molecular flexibility index (Phi) is 4.48. The summed E-state index contributed by atoms with van der Waals surface area (Å²) in [5, 5.41) is 8.13. The Bertz CT molecular complexity index is 1310. The van der Waals surface area contributed by atoms with Gasteiger partial charge in [0.1, 0.15) is 11.6 Å². The zero-order valence-electron chi connectivity index (χ0n) is 16.4. The molecule has 0 amide bonds. The third kappa shape index (κ3) is 3.31. The molecule has 2 aromatic heterocycles. The van der Waals surface area contributed by atoms with E-state index in [0.717, 1.165) is 45.2 Å². The number of benzene rings is 3. The van der Waals surface area contributed by atoms with Gasteiger partial charge >= 0.3 is 0 Å². The van der Waals surface area contributed by atoms with E-state index >= 15 is 0 Å². The van der Waals surface area contributed by atoms with Crippen LogP contribution in [-0.4, -0.2) is 14.6 Å². The maximum Gasteiger partial charge on any atom is 0.166 e. The van der Waals surface area contributed by atoms with Crippen molar-refractivity contribution in [1.29, 1.82) is 0 Å². The fraction of sp³-hybridized carbons (Fsp3) is 0.0400. The smallest absolute Gasteiger partial charge is 0.166 e. The van der Waals surface area contributed by atoms with Gasteiger partial charge in [0.05, 0.1) is 11.4 Å². The number of hydrogen-bond donors (Lipinski definition) is 1. The molecule has 4 nitrogen and oxygen atoms in total. The lowest BCUT2D eigenvalue weighted by atomic mass is 10.1. The van der Waals surface area contributed by atoms with Crippen molar-refractivity contribution in [1.82, 2.24) is 14.6 Å². The van der Waals surface area contributed by atoms with E-state index < -0.39 is 0 Å². The molecule has 0 aliphatic carbocycles. The molecule has 0 spiro atoms. The number of rotatable bonds is 4. The molecule has 0 radical (unpaired) electrons. The van der Waals surface area contributed by atoms with E-state index in [-0.39, 0.29) is 5.82 Å². The SMILES string of the molecule is Cc1nn2c(Nc3ccc(F)cc3)cc(-c3ccccc3)nc2c1-c1ccccc1. The summed E-state index contributed by atoms with van der Waals surface area (Å²) in [7, 11) is 0. The molecule has 0 unspecified atom stereocenters.